The maximum atomic E-state index is 14.1. The second-order valence-electron chi connectivity index (χ2n) is 15.0. The summed E-state index contributed by atoms with van der Waals surface area (Å²) in [6, 6.07) is 62.8. The number of fused-ring (bicyclic) bond motifs is 4. The van der Waals surface area contributed by atoms with Gasteiger partial charge in [-0.2, -0.15) is 0 Å². The van der Waals surface area contributed by atoms with Crippen molar-refractivity contribution in [2.24, 2.45) is 0 Å². The largest absolute Gasteiger partial charge is 0 e. The number of furan rings is 1. The summed E-state index contributed by atoms with van der Waals surface area (Å²) in [5.74, 6) is 7.51. The van der Waals surface area contributed by atoms with Crippen LogP contribution in [-0.2, 0) is 20.1 Å². The minimum Gasteiger partial charge on any atom is 0 e. The molecule has 0 amide bonds. The molecule has 0 aliphatic carbocycles. The van der Waals surface area contributed by atoms with Crippen LogP contribution in [0.15, 0.2) is 180 Å². The molecule has 7 aromatic carbocycles. The summed E-state index contributed by atoms with van der Waals surface area (Å²) in [4.78, 5) is 9.70. The van der Waals surface area contributed by atoms with Gasteiger partial charge in [-0.3, -0.25) is 4.98 Å². The number of imidazole rings is 1. The molecule has 1 radical (unpaired) electrons. The van der Waals surface area contributed by atoms with Gasteiger partial charge in [-0.1, -0.05) is 102 Å². The van der Waals surface area contributed by atoms with Crippen LogP contribution in [-0.4, -0.2) is 27.8 Å². The number of hydrogen-bond donors (Lipinski definition) is 0. The first-order chi connectivity index (χ1) is 27.8. The number of aromatic nitrogens is 3. The van der Waals surface area contributed by atoms with Gasteiger partial charge < -0.3 is 8.98 Å². The average Bonchev–Trinajstić information content (AvgIpc) is 3.82. The average molecular weight is 993 g/mol. The van der Waals surface area contributed by atoms with Gasteiger partial charge in [0.25, 0.3) is 0 Å². The standard InChI is InChI=1S/C37H22FN2O.C14H16GeN.Ir/c38-26-21-22-29-30-17-10-18-31(36(30)41-34(29)23-26)37-39-32-19-7-8-20-33(32)40(37)35-27(24-11-3-1-4-12-24)15-9-16-28(35)25-13-5-2-6-14-25;1-15(2,3)13-9-10-14(16-11-13)12-7-5-4-6-8-12;/h1-17,19-23H;4-7,9-11H,1-3H3;/q2*-1;. The third kappa shape index (κ3) is 7.59. The van der Waals surface area contributed by atoms with E-state index < -0.39 is 13.3 Å². The van der Waals surface area contributed by atoms with Crippen molar-refractivity contribution in [2.45, 2.75) is 17.3 Å². The molecule has 0 saturated heterocycles. The molecule has 0 fully saturated rings. The molecule has 0 saturated carbocycles. The fourth-order valence-electron chi connectivity index (χ4n) is 7.34. The van der Waals surface area contributed by atoms with Crippen molar-refractivity contribution in [3.8, 4) is 50.6 Å². The Morgan fingerprint density at radius 1 is 0.638 bits per heavy atom. The zero-order chi connectivity index (χ0) is 38.9. The van der Waals surface area contributed by atoms with E-state index >= 15 is 0 Å². The summed E-state index contributed by atoms with van der Waals surface area (Å²) in [5, 5.41) is 1.75. The monoisotopic (exact) mass is 994 g/mol. The van der Waals surface area contributed by atoms with Crippen LogP contribution in [0.1, 0.15) is 0 Å². The summed E-state index contributed by atoms with van der Waals surface area (Å²) < 4.78 is 24.1. The SMILES string of the molecule is Fc1ccc2c(c1)oc1c(-c3nc4ccccc4n3-c3c(-c4ccccc4)cccc3-c3ccccc3)[c-]ccc12.[CH3][Ge]([CH3])([CH3])[c]1ccc(-c2[c-]cccc2)nc1.[Ir]. The van der Waals surface area contributed by atoms with E-state index in [2.05, 4.69) is 124 Å². The number of pyridine rings is 1. The first-order valence-electron chi connectivity index (χ1n) is 19.0. The second-order valence-corrected chi connectivity index (χ2v) is 25.6. The molecule has 10 rings (SSSR count). The summed E-state index contributed by atoms with van der Waals surface area (Å²) in [6.45, 7) is 0. The Kier molecular flexibility index (Phi) is 11.1. The van der Waals surface area contributed by atoms with Gasteiger partial charge in [-0.05, 0) is 35.4 Å². The van der Waals surface area contributed by atoms with E-state index in [0.29, 0.717) is 17.0 Å². The molecule has 0 bridgehead atoms. The number of benzene rings is 7. The molecule has 4 nitrogen and oxygen atoms in total. The van der Waals surface area contributed by atoms with Crippen molar-refractivity contribution in [3.05, 3.63) is 194 Å². The van der Waals surface area contributed by atoms with Crippen LogP contribution >= 0.6 is 0 Å². The summed E-state index contributed by atoms with van der Waals surface area (Å²) in [7, 11) is 0. The number of para-hydroxylation sites is 3. The normalized spacial score (nSPS) is 11.3. The molecule has 285 valence electrons. The van der Waals surface area contributed by atoms with Crippen LogP contribution in [0.2, 0.25) is 17.3 Å². The van der Waals surface area contributed by atoms with Crippen molar-refractivity contribution in [2.75, 3.05) is 0 Å². The molecule has 0 aliphatic heterocycles. The second kappa shape index (κ2) is 16.5. The zero-order valence-corrected chi connectivity index (χ0v) is 36.7. The molecule has 0 N–H and O–H groups in total. The van der Waals surface area contributed by atoms with Gasteiger partial charge in [0.1, 0.15) is 11.4 Å². The summed E-state index contributed by atoms with van der Waals surface area (Å²) in [6.07, 6.45) is 2.04. The maximum Gasteiger partial charge on any atom is 0 e. The van der Waals surface area contributed by atoms with E-state index in [9.17, 15) is 4.39 Å². The van der Waals surface area contributed by atoms with E-state index in [0.717, 1.165) is 66.6 Å². The minimum atomic E-state index is -1.72. The van der Waals surface area contributed by atoms with Crippen molar-refractivity contribution in [1.29, 1.82) is 0 Å². The molecule has 0 atom stereocenters. The first-order valence-corrected chi connectivity index (χ1v) is 26.4. The van der Waals surface area contributed by atoms with Crippen LogP contribution < -0.4 is 4.40 Å². The number of halogens is 1. The Balaban J connectivity index is 0.000000233. The molecule has 3 heterocycles. The van der Waals surface area contributed by atoms with Crippen molar-refractivity contribution >= 4 is 50.6 Å². The predicted octanol–water partition coefficient (Wildman–Crippen LogP) is 13.0. The minimum absolute atomic E-state index is 0. The Labute approximate surface area is 353 Å². The summed E-state index contributed by atoms with van der Waals surface area (Å²) >= 11 is -1.72. The first kappa shape index (κ1) is 38.9. The molecular formula is C51H38FGeIrN3O-2. The molecule has 0 spiro atoms. The Hall–Kier alpha value is -5.92. The molecule has 0 unspecified atom stereocenters. The van der Waals surface area contributed by atoms with Crippen LogP contribution in [0.5, 0.6) is 0 Å². The van der Waals surface area contributed by atoms with Crippen LogP contribution in [0.3, 0.4) is 0 Å². The van der Waals surface area contributed by atoms with Gasteiger partial charge in [0.15, 0.2) is 0 Å². The van der Waals surface area contributed by atoms with Gasteiger partial charge in [0.05, 0.1) is 28.1 Å². The van der Waals surface area contributed by atoms with E-state index in [-0.39, 0.29) is 25.9 Å². The third-order valence-corrected chi connectivity index (χ3v) is 14.5. The fourth-order valence-corrected chi connectivity index (χ4v) is 9.51. The molecule has 0 aliphatic rings. The molecule has 58 heavy (non-hydrogen) atoms. The predicted molar refractivity (Wildman–Crippen MR) is 235 cm³/mol. The Morgan fingerprint density at radius 3 is 1.98 bits per heavy atom. The van der Waals surface area contributed by atoms with Crippen molar-refractivity contribution < 1.29 is 28.9 Å². The quantitative estimate of drug-likeness (QED) is 0.123. The molecular weight excluding hydrogens is 954 g/mol. The van der Waals surface area contributed by atoms with E-state index in [1.807, 2.05) is 72.9 Å². The molecule has 10 aromatic rings. The third-order valence-electron chi connectivity index (χ3n) is 10.2. The topological polar surface area (TPSA) is 43.9 Å². The zero-order valence-electron chi connectivity index (χ0n) is 32.2. The fraction of sp³-hybridized carbons (Fsp3) is 0.0588. The van der Waals surface area contributed by atoms with Gasteiger partial charge in [-0.25, -0.2) is 4.39 Å². The maximum absolute atomic E-state index is 14.1. The number of nitrogens with zero attached hydrogens (tertiary/aromatic N) is 3. The van der Waals surface area contributed by atoms with Gasteiger partial charge in [0.2, 0.25) is 0 Å². The Morgan fingerprint density at radius 2 is 1.33 bits per heavy atom. The smallest absolute Gasteiger partial charge is 0 e. The van der Waals surface area contributed by atoms with Gasteiger partial charge >= 0.3 is 99.8 Å². The van der Waals surface area contributed by atoms with Crippen molar-refractivity contribution in [3.63, 3.8) is 0 Å². The van der Waals surface area contributed by atoms with Gasteiger partial charge in [0, 0.05) is 42.7 Å². The number of hydrogen-bond acceptors (Lipinski definition) is 3. The van der Waals surface area contributed by atoms with Crippen LogP contribution in [0.4, 0.5) is 4.39 Å². The van der Waals surface area contributed by atoms with E-state index in [1.165, 1.54) is 16.5 Å². The summed E-state index contributed by atoms with van der Waals surface area (Å²) in [5.41, 5.74) is 11.1. The molecule has 7 heteroatoms. The van der Waals surface area contributed by atoms with Crippen LogP contribution in [0.25, 0.3) is 83.6 Å². The Bertz CT molecular complexity index is 2940. The van der Waals surface area contributed by atoms with Crippen molar-refractivity contribution in [1.82, 2.24) is 14.5 Å². The van der Waals surface area contributed by atoms with Crippen LogP contribution in [0, 0.1) is 17.9 Å². The molecule has 3 aromatic heterocycles. The van der Waals surface area contributed by atoms with E-state index in [1.54, 1.807) is 6.07 Å². The number of rotatable bonds is 6. The van der Waals surface area contributed by atoms with E-state index in [4.69, 9.17) is 9.40 Å². The van der Waals surface area contributed by atoms with Gasteiger partial charge in [-0.15, -0.1) is 18.2 Å².